The molecule has 0 amide bonds. The quantitative estimate of drug-likeness (QED) is 0.473. The Morgan fingerprint density at radius 2 is 2.18 bits per heavy atom. The summed E-state index contributed by atoms with van der Waals surface area (Å²) in [6, 6.07) is 0. The predicted octanol–water partition coefficient (Wildman–Crippen LogP) is 2.16. The van der Waals surface area contributed by atoms with Gasteiger partial charge in [-0.25, -0.2) is 0 Å². The molecule has 0 spiro atoms. The Labute approximate surface area is 73.7 Å². The lowest BCUT2D eigenvalue weighted by molar-refractivity contribution is -0.140. The van der Waals surface area contributed by atoms with Crippen LogP contribution in [0.15, 0.2) is 0 Å². The number of rotatable bonds is 5. The Kier molecular flexibility index (Phi) is 6.42. The third-order valence-corrected chi connectivity index (χ3v) is 1.54. The molecule has 0 aliphatic carbocycles. The second kappa shape index (κ2) is 6.53. The fourth-order valence-electron chi connectivity index (χ4n) is 0.719. The van der Waals surface area contributed by atoms with Gasteiger partial charge in [-0.1, -0.05) is 26.5 Å². The van der Waals surface area contributed by atoms with Gasteiger partial charge in [0.15, 0.2) is 0 Å². The first kappa shape index (κ1) is 10.8. The van der Waals surface area contributed by atoms with Crippen LogP contribution in [0.25, 0.3) is 0 Å². The van der Waals surface area contributed by atoms with Gasteiger partial charge in [0.25, 0.3) is 0 Å². The van der Waals surface area contributed by atoms with Gasteiger partial charge in [-0.3, -0.25) is 4.79 Å². The van der Waals surface area contributed by atoms with E-state index in [0.29, 0.717) is 12.5 Å². The Morgan fingerprint density at radius 1 is 1.55 bits per heavy atom. The van der Waals surface area contributed by atoms with Crippen molar-refractivity contribution in [2.24, 2.45) is 5.92 Å². The molecule has 0 saturated heterocycles. The van der Waals surface area contributed by atoms with Gasteiger partial charge in [0.05, 0.1) is 6.61 Å². The molecule has 0 saturated carbocycles. The first-order chi connectivity index (χ1) is 5.16. The molecule has 1 radical (unpaired) electrons. The van der Waals surface area contributed by atoms with Gasteiger partial charge in [0.1, 0.15) is 5.75 Å². The maximum atomic E-state index is 10.5. The van der Waals surface area contributed by atoms with E-state index in [1.165, 1.54) is 0 Å². The van der Waals surface area contributed by atoms with Crippen molar-refractivity contribution in [1.29, 1.82) is 0 Å². The van der Waals surface area contributed by atoms with Crippen LogP contribution in [0, 0.1) is 5.92 Å². The number of hydrogen-bond donors (Lipinski definition) is 0. The molecule has 0 aromatic rings. The van der Waals surface area contributed by atoms with E-state index in [2.05, 4.69) is 26.5 Å². The second-order valence-electron chi connectivity index (χ2n) is 2.90. The highest BCUT2D eigenvalue weighted by Gasteiger charge is 1.99. The lowest BCUT2D eigenvalue weighted by atomic mass is 10.1. The number of ether oxygens (including phenoxy) is 1. The molecule has 0 N–H and O–H groups in total. The van der Waals surface area contributed by atoms with Crippen molar-refractivity contribution in [3.8, 4) is 0 Å². The fraction of sp³-hybridized carbons (Fsp3) is 0.875. The van der Waals surface area contributed by atoms with E-state index < -0.39 is 0 Å². The standard InChI is InChI=1S/C8H15O2S/c1-7(2)4-3-5-10-8(9)6-11/h7H,3-6H2,1-2H3. The zero-order valence-corrected chi connectivity index (χ0v) is 7.95. The highest BCUT2D eigenvalue weighted by molar-refractivity contribution is 7.81. The maximum Gasteiger partial charge on any atom is 0.316 e. The van der Waals surface area contributed by atoms with E-state index >= 15 is 0 Å². The number of hydrogen-bond acceptors (Lipinski definition) is 2. The summed E-state index contributed by atoms with van der Waals surface area (Å²) in [5, 5.41) is 0. The lowest BCUT2D eigenvalue weighted by Crippen LogP contribution is -2.07. The Balaban J connectivity index is 3.08. The summed E-state index contributed by atoms with van der Waals surface area (Å²) in [5.74, 6) is 0.475. The number of carbonyl (C=O) groups is 1. The Hall–Kier alpha value is -0.180. The maximum absolute atomic E-state index is 10.5. The third kappa shape index (κ3) is 7.72. The van der Waals surface area contributed by atoms with Gasteiger partial charge in [-0.05, 0) is 18.8 Å². The summed E-state index contributed by atoms with van der Waals surface area (Å²) in [6.07, 6.45) is 2.05. The summed E-state index contributed by atoms with van der Waals surface area (Å²) in [4.78, 5) is 10.5. The van der Waals surface area contributed by atoms with Crippen molar-refractivity contribution in [3.05, 3.63) is 0 Å². The van der Waals surface area contributed by atoms with Gasteiger partial charge >= 0.3 is 5.97 Å². The average Bonchev–Trinajstić information content (AvgIpc) is 1.97. The van der Waals surface area contributed by atoms with Crippen molar-refractivity contribution >= 4 is 18.6 Å². The average molecular weight is 175 g/mol. The van der Waals surface area contributed by atoms with Crippen LogP contribution in [0.5, 0.6) is 0 Å². The highest BCUT2D eigenvalue weighted by Crippen LogP contribution is 2.03. The van der Waals surface area contributed by atoms with Gasteiger partial charge in [0, 0.05) is 0 Å². The molecule has 11 heavy (non-hydrogen) atoms. The first-order valence-corrected chi connectivity index (χ1v) is 4.48. The largest absolute Gasteiger partial charge is 0.465 e. The third-order valence-electron chi connectivity index (χ3n) is 1.31. The normalized spacial score (nSPS) is 10.2. The van der Waals surface area contributed by atoms with E-state index in [9.17, 15) is 4.79 Å². The minimum Gasteiger partial charge on any atom is -0.465 e. The molecule has 0 atom stereocenters. The summed E-state index contributed by atoms with van der Waals surface area (Å²) in [5.41, 5.74) is 0. The highest BCUT2D eigenvalue weighted by atomic mass is 32.1. The molecular formula is C8H15O2S. The van der Waals surface area contributed by atoms with E-state index in [-0.39, 0.29) is 11.7 Å². The lowest BCUT2D eigenvalue weighted by Gasteiger charge is -2.04. The van der Waals surface area contributed by atoms with Gasteiger partial charge in [-0.2, -0.15) is 0 Å². The van der Waals surface area contributed by atoms with Crippen LogP contribution in [0.1, 0.15) is 26.7 Å². The minimum absolute atomic E-state index is 0.0711. The summed E-state index contributed by atoms with van der Waals surface area (Å²) in [7, 11) is 0. The fourth-order valence-corrected chi connectivity index (χ4v) is 0.803. The van der Waals surface area contributed by atoms with Crippen molar-refractivity contribution < 1.29 is 9.53 Å². The topological polar surface area (TPSA) is 26.3 Å². The van der Waals surface area contributed by atoms with Crippen molar-refractivity contribution in [1.82, 2.24) is 0 Å². The van der Waals surface area contributed by atoms with Crippen LogP contribution < -0.4 is 0 Å². The number of carbonyl (C=O) groups excluding carboxylic acids is 1. The van der Waals surface area contributed by atoms with E-state index in [4.69, 9.17) is 4.74 Å². The van der Waals surface area contributed by atoms with Crippen LogP contribution in [-0.2, 0) is 9.53 Å². The van der Waals surface area contributed by atoms with Crippen LogP contribution in [0.2, 0.25) is 0 Å². The molecule has 0 aliphatic rings. The van der Waals surface area contributed by atoms with Gasteiger partial charge in [0.2, 0.25) is 0 Å². The smallest absolute Gasteiger partial charge is 0.316 e. The first-order valence-electron chi connectivity index (χ1n) is 3.90. The van der Waals surface area contributed by atoms with Gasteiger partial charge < -0.3 is 4.74 Å². The van der Waals surface area contributed by atoms with Crippen molar-refractivity contribution in [2.45, 2.75) is 26.7 Å². The Morgan fingerprint density at radius 3 is 2.64 bits per heavy atom. The zero-order chi connectivity index (χ0) is 8.69. The summed E-state index contributed by atoms with van der Waals surface area (Å²) < 4.78 is 4.80. The van der Waals surface area contributed by atoms with Crippen LogP contribution >= 0.6 is 12.6 Å². The molecular weight excluding hydrogens is 160 g/mol. The molecule has 0 fully saturated rings. The molecule has 0 rings (SSSR count). The van der Waals surface area contributed by atoms with Crippen molar-refractivity contribution in [3.63, 3.8) is 0 Å². The molecule has 3 heteroatoms. The summed E-state index contributed by atoms with van der Waals surface area (Å²) in [6.45, 7) is 4.82. The molecule has 2 nitrogen and oxygen atoms in total. The molecule has 65 valence electrons. The predicted molar refractivity (Wildman–Crippen MR) is 47.5 cm³/mol. The van der Waals surface area contributed by atoms with E-state index in [1.807, 2.05) is 0 Å². The zero-order valence-electron chi connectivity index (χ0n) is 7.13. The summed E-state index contributed by atoms with van der Waals surface area (Å²) >= 11 is 4.50. The number of esters is 1. The Bertz CT molecular complexity index is 113. The second-order valence-corrected chi connectivity index (χ2v) is 3.19. The van der Waals surface area contributed by atoms with E-state index in [0.717, 1.165) is 12.8 Å². The minimum atomic E-state index is -0.274. The molecule has 0 heterocycles. The van der Waals surface area contributed by atoms with E-state index in [1.54, 1.807) is 0 Å². The van der Waals surface area contributed by atoms with Crippen LogP contribution in [-0.4, -0.2) is 18.3 Å². The monoisotopic (exact) mass is 175 g/mol. The SMILES string of the molecule is CC(C)CCCOC(=O)C[S]. The van der Waals surface area contributed by atoms with Crippen LogP contribution in [0.4, 0.5) is 0 Å². The van der Waals surface area contributed by atoms with Crippen molar-refractivity contribution in [2.75, 3.05) is 12.4 Å². The van der Waals surface area contributed by atoms with Crippen LogP contribution in [0.3, 0.4) is 0 Å². The molecule has 0 aromatic carbocycles. The van der Waals surface area contributed by atoms with Gasteiger partial charge in [-0.15, -0.1) is 0 Å². The molecule has 0 aliphatic heterocycles. The molecule has 0 aromatic heterocycles. The molecule has 0 unspecified atom stereocenters. The molecule has 0 bridgehead atoms.